The molecular weight excluding hydrogens is 206 g/mol. The van der Waals surface area contributed by atoms with Crippen LogP contribution in [0.5, 0.6) is 11.5 Å². The van der Waals surface area contributed by atoms with E-state index in [1.807, 2.05) is 12.1 Å². The molecule has 1 aromatic carbocycles. The number of aliphatic hydroxyl groups excluding tert-OH is 1. The average molecular weight is 223 g/mol. The maximum atomic E-state index is 9.97. The summed E-state index contributed by atoms with van der Waals surface area (Å²) in [5, 5.41) is 9.97. The molecule has 0 spiro atoms. The fraction of sp³-hybridized carbons (Fsp3) is 0.500. The molecule has 1 aliphatic rings. The summed E-state index contributed by atoms with van der Waals surface area (Å²) < 4.78 is 10.7. The minimum atomic E-state index is -0.508. The van der Waals surface area contributed by atoms with Gasteiger partial charge in [-0.05, 0) is 24.6 Å². The number of fused-ring (bicyclic) bond motifs is 1. The molecule has 0 saturated carbocycles. The van der Waals surface area contributed by atoms with Crippen molar-refractivity contribution in [1.29, 1.82) is 0 Å². The van der Waals surface area contributed by atoms with Crippen molar-refractivity contribution in [3.63, 3.8) is 0 Å². The van der Waals surface area contributed by atoms with Crippen LogP contribution in [0.3, 0.4) is 0 Å². The summed E-state index contributed by atoms with van der Waals surface area (Å²) in [6.07, 6.45) is 0.883. The number of aliphatic hydroxyl groups is 1. The second kappa shape index (κ2) is 4.72. The largest absolute Gasteiger partial charge is 0.493 e. The van der Waals surface area contributed by atoms with E-state index in [0.29, 0.717) is 19.6 Å². The van der Waals surface area contributed by atoms with Crippen molar-refractivity contribution < 1.29 is 14.6 Å². The third kappa shape index (κ3) is 1.86. The van der Waals surface area contributed by atoms with Crippen molar-refractivity contribution in [3.05, 3.63) is 23.3 Å². The minimum absolute atomic E-state index is 0.475. The Morgan fingerprint density at radius 3 is 3.06 bits per heavy atom. The molecular formula is C12H17NO3. The van der Waals surface area contributed by atoms with Gasteiger partial charge in [0.25, 0.3) is 0 Å². The normalized spacial score (nSPS) is 15.4. The highest BCUT2D eigenvalue weighted by molar-refractivity contribution is 5.53. The second-order valence-electron chi connectivity index (χ2n) is 3.86. The Hall–Kier alpha value is -1.26. The molecule has 0 fully saturated rings. The monoisotopic (exact) mass is 223 g/mol. The van der Waals surface area contributed by atoms with Gasteiger partial charge in [0, 0.05) is 12.0 Å². The lowest BCUT2D eigenvalue weighted by atomic mass is 9.98. The molecule has 4 heteroatoms. The van der Waals surface area contributed by atoms with Gasteiger partial charge in [-0.1, -0.05) is 6.07 Å². The lowest BCUT2D eigenvalue weighted by molar-refractivity contribution is 0.169. The summed E-state index contributed by atoms with van der Waals surface area (Å²) in [4.78, 5) is 0. The molecule has 4 nitrogen and oxygen atoms in total. The molecule has 1 atom stereocenters. The summed E-state index contributed by atoms with van der Waals surface area (Å²) >= 11 is 0. The SMILES string of the molecule is COc1ccc(C(O)CCN)c2c1OCC2. The molecule has 1 unspecified atom stereocenters. The first kappa shape index (κ1) is 11.2. The zero-order chi connectivity index (χ0) is 11.5. The van der Waals surface area contributed by atoms with Gasteiger partial charge in [-0.3, -0.25) is 0 Å². The van der Waals surface area contributed by atoms with Crippen LogP contribution in [-0.4, -0.2) is 25.4 Å². The maximum absolute atomic E-state index is 9.97. The van der Waals surface area contributed by atoms with Crippen molar-refractivity contribution >= 4 is 0 Å². The first-order valence-corrected chi connectivity index (χ1v) is 5.48. The van der Waals surface area contributed by atoms with Crippen LogP contribution in [-0.2, 0) is 6.42 Å². The van der Waals surface area contributed by atoms with Gasteiger partial charge in [0.15, 0.2) is 11.5 Å². The van der Waals surface area contributed by atoms with Crippen LogP contribution < -0.4 is 15.2 Å². The molecule has 88 valence electrons. The highest BCUT2D eigenvalue weighted by atomic mass is 16.5. The lowest BCUT2D eigenvalue weighted by Gasteiger charge is -2.15. The van der Waals surface area contributed by atoms with E-state index >= 15 is 0 Å². The van der Waals surface area contributed by atoms with E-state index in [-0.39, 0.29) is 0 Å². The molecule has 0 bridgehead atoms. The number of benzene rings is 1. The van der Waals surface area contributed by atoms with E-state index < -0.39 is 6.10 Å². The second-order valence-corrected chi connectivity index (χ2v) is 3.86. The molecule has 3 N–H and O–H groups in total. The maximum Gasteiger partial charge on any atom is 0.164 e. The Labute approximate surface area is 95.0 Å². The lowest BCUT2D eigenvalue weighted by Crippen LogP contribution is -2.08. The Morgan fingerprint density at radius 2 is 2.38 bits per heavy atom. The van der Waals surface area contributed by atoms with Crippen LogP contribution in [0, 0.1) is 0 Å². The van der Waals surface area contributed by atoms with Gasteiger partial charge in [-0.25, -0.2) is 0 Å². The van der Waals surface area contributed by atoms with Crippen LogP contribution in [0.25, 0.3) is 0 Å². The predicted molar refractivity (Wildman–Crippen MR) is 60.8 cm³/mol. The van der Waals surface area contributed by atoms with Gasteiger partial charge in [0.2, 0.25) is 0 Å². The number of methoxy groups -OCH3 is 1. The van der Waals surface area contributed by atoms with Crippen LogP contribution in [0.15, 0.2) is 12.1 Å². The highest BCUT2D eigenvalue weighted by Gasteiger charge is 2.23. The van der Waals surface area contributed by atoms with E-state index in [0.717, 1.165) is 29.0 Å². The quantitative estimate of drug-likeness (QED) is 0.799. The predicted octanol–water partition coefficient (Wildman–Crippen LogP) is 1.01. The van der Waals surface area contributed by atoms with E-state index in [2.05, 4.69) is 0 Å². The first-order valence-electron chi connectivity index (χ1n) is 5.48. The van der Waals surface area contributed by atoms with Crippen molar-refractivity contribution in [1.82, 2.24) is 0 Å². The van der Waals surface area contributed by atoms with Gasteiger partial charge >= 0.3 is 0 Å². The van der Waals surface area contributed by atoms with Crippen LogP contribution in [0.4, 0.5) is 0 Å². The Kier molecular flexibility index (Phi) is 3.31. The summed E-state index contributed by atoms with van der Waals surface area (Å²) in [7, 11) is 1.62. The minimum Gasteiger partial charge on any atom is -0.493 e. The highest BCUT2D eigenvalue weighted by Crippen LogP contribution is 2.40. The first-order chi connectivity index (χ1) is 7.77. The third-order valence-electron chi connectivity index (χ3n) is 2.88. The van der Waals surface area contributed by atoms with Crippen molar-refractivity contribution in [3.8, 4) is 11.5 Å². The molecule has 1 aromatic rings. The van der Waals surface area contributed by atoms with Gasteiger partial charge in [0.05, 0.1) is 19.8 Å². The molecule has 0 aromatic heterocycles. The smallest absolute Gasteiger partial charge is 0.164 e. The fourth-order valence-electron chi connectivity index (χ4n) is 2.08. The topological polar surface area (TPSA) is 64.7 Å². The van der Waals surface area contributed by atoms with E-state index in [1.165, 1.54) is 0 Å². The van der Waals surface area contributed by atoms with Gasteiger partial charge in [-0.15, -0.1) is 0 Å². The molecule has 0 amide bonds. The molecule has 1 heterocycles. The number of hydrogen-bond donors (Lipinski definition) is 2. The van der Waals surface area contributed by atoms with Crippen LogP contribution >= 0.6 is 0 Å². The van der Waals surface area contributed by atoms with Crippen LogP contribution in [0.1, 0.15) is 23.7 Å². The molecule has 16 heavy (non-hydrogen) atoms. The molecule has 0 saturated heterocycles. The van der Waals surface area contributed by atoms with E-state index in [4.69, 9.17) is 15.2 Å². The van der Waals surface area contributed by atoms with Crippen molar-refractivity contribution in [2.24, 2.45) is 5.73 Å². The molecule has 0 radical (unpaired) electrons. The van der Waals surface area contributed by atoms with Gasteiger partial charge in [-0.2, -0.15) is 0 Å². The molecule has 2 rings (SSSR count). The number of ether oxygens (including phenoxy) is 2. The average Bonchev–Trinajstić information content (AvgIpc) is 2.76. The summed E-state index contributed by atoms with van der Waals surface area (Å²) in [5.41, 5.74) is 7.42. The fourth-order valence-corrected chi connectivity index (χ4v) is 2.08. The Balaban J connectivity index is 2.37. The van der Waals surface area contributed by atoms with Crippen molar-refractivity contribution in [2.75, 3.05) is 20.3 Å². The number of nitrogens with two attached hydrogens (primary N) is 1. The standard InChI is InChI=1S/C12H17NO3/c1-15-11-3-2-8(10(14)4-6-13)9-5-7-16-12(9)11/h2-3,10,14H,4-7,13H2,1H3. The van der Waals surface area contributed by atoms with Gasteiger partial charge < -0.3 is 20.3 Å². The summed E-state index contributed by atoms with van der Waals surface area (Å²) in [6.45, 7) is 1.13. The van der Waals surface area contributed by atoms with E-state index in [1.54, 1.807) is 7.11 Å². The Bertz CT molecular complexity index is 379. The number of rotatable bonds is 4. The molecule has 1 aliphatic heterocycles. The third-order valence-corrected chi connectivity index (χ3v) is 2.88. The summed E-state index contributed by atoms with van der Waals surface area (Å²) in [6, 6.07) is 3.73. The summed E-state index contributed by atoms with van der Waals surface area (Å²) in [5.74, 6) is 1.51. The Morgan fingerprint density at radius 1 is 1.56 bits per heavy atom. The number of hydrogen-bond acceptors (Lipinski definition) is 4. The zero-order valence-electron chi connectivity index (χ0n) is 9.40. The zero-order valence-corrected chi connectivity index (χ0v) is 9.40. The van der Waals surface area contributed by atoms with Gasteiger partial charge in [0.1, 0.15) is 0 Å². The van der Waals surface area contributed by atoms with Crippen molar-refractivity contribution in [2.45, 2.75) is 18.9 Å². The van der Waals surface area contributed by atoms with Crippen LogP contribution in [0.2, 0.25) is 0 Å². The van der Waals surface area contributed by atoms with E-state index in [9.17, 15) is 5.11 Å². The molecule has 0 aliphatic carbocycles.